The van der Waals surface area contributed by atoms with Crippen LogP contribution in [-0.2, 0) is 21.4 Å². The molecule has 2 aromatic carbocycles. The third-order valence-corrected chi connectivity index (χ3v) is 6.70. The van der Waals surface area contributed by atoms with Crippen molar-refractivity contribution in [1.82, 2.24) is 20.4 Å². The van der Waals surface area contributed by atoms with E-state index in [1.807, 2.05) is 36.4 Å². The van der Waals surface area contributed by atoms with Crippen molar-refractivity contribution in [2.24, 2.45) is 18.9 Å². The Morgan fingerprint density at radius 1 is 1.11 bits per heavy atom. The second-order valence-corrected chi connectivity index (χ2v) is 9.04. The number of nitrogens with zero attached hydrogens (tertiary/aromatic N) is 2. The summed E-state index contributed by atoms with van der Waals surface area (Å²) in [7, 11) is 1.72. The highest BCUT2D eigenvalue weighted by Crippen LogP contribution is 2.44. The van der Waals surface area contributed by atoms with E-state index in [1.165, 1.54) is 10.9 Å². The summed E-state index contributed by atoms with van der Waals surface area (Å²) in [6, 6.07) is 15.1. The molecule has 9 nitrogen and oxygen atoms in total. The molecule has 0 spiro atoms. The number of hydrogen-bond donors (Lipinski definition) is 3. The van der Waals surface area contributed by atoms with Crippen LogP contribution in [0, 0.1) is 11.8 Å². The molecule has 35 heavy (non-hydrogen) atoms. The minimum Gasteiger partial charge on any atom is -0.481 e. The van der Waals surface area contributed by atoms with Crippen LogP contribution in [0.25, 0.3) is 11.1 Å². The predicted molar refractivity (Wildman–Crippen MR) is 126 cm³/mol. The summed E-state index contributed by atoms with van der Waals surface area (Å²) < 4.78 is 7.14. The van der Waals surface area contributed by atoms with E-state index in [4.69, 9.17) is 9.84 Å². The third-order valence-electron chi connectivity index (χ3n) is 6.70. The standard InChI is InChI=1S/C26H26N4O5/c1-30-13-16(12-28-30)23(24(31)27-11-15-10-21(15)25(32)33)29-26(34)35-14-22-19-8-4-2-6-17(19)18-7-3-5-9-20(18)22/h2-9,12-13,15,21-23H,10-11,14H2,1H3,(H,27,31)(H,29,34)(H,32,33)/t15-,21-,23?/m0/s1. The number of hydrogen-bond acceptors (Lipinski definition) is 5. The van der Waals surface area contributed by atoms with Crippen molar-refractivity contribution < 1.29 is 24.2 Å². The molecule has 1 fully saturated rings. The van der Waals surface area contributed by atoms with E-state index in [0.29, 0.717) is 12.0 Å². The summed E-state index contributed by atoms with van der Waals surface area (Å²) in [5.74, 6) is -1.92. The summed E-state index contributed by atoms with van der Waals surface area (Å²) in [6.45, 7) is 0.364. The number of rotatable bonds is 8. The number of aliphatic carboxylic acids is 1. The number of fused-ring (bicyclic) bond motifs is 3. The fourth-order valence-electron chi connectivity index (χ4n) is 4.76. The molecule has 5 rings (SSSR count). The van der Waals surface area contributed by atoms with Gasteiger partial charge in [-0.1, -0.05) is 48.5 Å². The van der Waals surface area contributed by atoms with Gasteiger partial charge in [-0.25, -0.2) is 4.79 Å². The fourth-order valence-corrected chi connectivity index (χ4v) is 4.76. The predicted octanol–water partition coefficient (Wildman–Crippen LogP) is 2.84. The molecule has 1 heterocycles. The van der Waals surface area contributed by atoms with Gasteiger partial charge in [0.05, 0.1) is 12.1 Å². The third kappa shape index (κ3) is 4.62. The first-order chi connectivity index (χ1) is 16.9. The Balaban J connectivity index is 1.25. The van der Waals surface area contributed by atoms with E-state index in [2.05, 4.69) is 27.9 Å². The van der Waals surface area contributed by atoms with Crippen molar-refractivity contribution in [2.75, 3.05) is 13.2 Å². The van der Waals surface area contributed by atoms with Gasteiger partial charge in [-0.05, 0) is 34.6 Å². The summed E-state index contributed by atoms with van der Waals surface area (Å²) in [5.41, 5.74) is 4.96. The second kappa shape index (κ2) is 9.25. The quantitative estimate of drug-likeness (QED) is 0.461. The number of carboxylic acids is 1. The normalized spacial score (nSPS) is 18.8. The molecule has 1 saturated carbocycles. The van der Waals surface area contributed by atoms with Gasteiger partial charge >= 0.3 is 12.1 Å². The molecule has 2 aliphatic rings. The first-order valence-corrected chi connectivity index (χ1v) is 11.5. The van der Waals surface area contributed by atoms with Crippen LogP contribution in [0.4, 0.5) is 4.79 Å². The van der Waals surface area contributed by atoms with Gasteiger partial charge in [0.15, 0.2) is 0 Å². The molecule has 0 saturated heterocycles. The number of carboxylic acid groups (broad SMARTS) is 1. The Morgan fingerprint density at radius 3 is 2.34 bits per heavy atom. The molecule has 2 amide bonds. The lowest BCUT2D eigenvalue weighted by molar-refractivity contribution is -0.139. The fraction of sp³-hybridized carbons (Fsp3) is 0.308. The molecule has 1 unspecified atom stereocenters. The molecule has 180 valence electrons. The molecule has 3 N–H and O–H groups in total. The van der Waals surface area contributed by atoms with Crippen LogP contribution in [0.15, 0.2) is 60.9 Å². The molecule has 3 atom stereocenters. The monoisotopic (exact) mass is 474 g/mol. The van der Waals surface area contributed by atoms with Gasteiger partial charge in [0.25, 0.3) is 0 Å². The molecular weight excluding hydrogens is 448 g/mol. The van der Waals surface area contributed by atoms with E-state index in [9.17, 15) is 14.4 Å². The van der Waals surface area contributed by atoms with Gasteiger partial charge < -0.3 is 20.5 Å². The second-order valence-electron chi connectivity index (χ2n) is 9.04. The van der Waals surface area contributed by atoms with Crippen LogP contribution in [0.3, 0.4) is 0 Å². The summed E-state index contributed by atoms with van der Waals surface area (Å²) >= 11 is 0. The molecule has 1 aromatic heterocycles. The molecule has 3 aromatic rings. The summed E-state index contributed by atoms with van der Waals surface area (Å²) in [5, 5.41) is 18.6. The zero-order valence-corrected chi connectivity index (χ0v) is 19.2. The van der Waals surface area contributed by atoms with Crippen LogP contribution in [0.1, 0.15) is 35.1 Å². The first kappa shape index (κ1) is 22.6. The lowest BCUT2D eigenvalue weighted by atomic mass is 9.98. The minimum atomic E-state index is -1.01. The van der Waals surface area contributed by atoms with E-state index < -0.39 is 29.9 Å². The maximum absolute atomic E-state index is 12.9. The molecule has 0 bridgehead atoms. The van der Waals surface area contributed by atoms with Crippen molar-refractivity contribution >= 4 is 18.0 Å². The Kier molecular flexibility index (Phi) is 5.98. The first-order valence-electron chi connectivity index (χ1n) is 11.5. The van der Waals surface area contributed by atoms with E-state index >= 15 is 0 Å². The molecule has 0 aliphatic heterocycles. The van der Waals surface area contributed by atoms with Crippen molar-refractivity contribution in [1.29, 1.82) is 0 Å². The Labute approximate surface area is 202 Å². The van der Waals surface area contributed by atoms with E-state index in [0.717, 1.165) is 22.3 Å². The Bertz CT molecular complexity index is 1240. The Morgan fingerprint density at radius 2 is 1.77 bits per heavy atom. The number of carbonyl (C=O) groups is 3. The summed E-state index contributed by atoms with van der Waals surface area (Å²) in [6.07, 6.45) is 2.97. The molecule has 2 aliphatic carbocycles. The van der Waals surface area contributed by atoms with Gasteiger partial charge in [0.1, 0.15) is 12.6 Å². The van der Waals surface area contributed by atoms with Crippen LogP contribution < -0.4 is 10.6 Å². The van der Waals surface area contributed by atoms with Crippen molar-refractivity contribution in [2.45, 2.75) is 18.4 Å². The number of aromatic nitrogens is 2. The average Bonchev–Trinajstić information content (AvgIpc) is 3.42. The van der Waals surface area contributed by atoms with Crippen LogP contribution in [0.5, 0.6) is 0 Å². The SMILES string of the molecule is Cn1cc(C(NC(=O)OCC2c3ccccc3-c3ccccc32)C(=O)NC[C@@H]2C[C@@H]2C(=O)O)cn1. The van der Waals surface area contributed by atoms with Crippen LogP contribution in [0.2, 0.25) is 0 Å². The number of aryl methyl sites for hydroxylation is 1. The maximum Gasteiger partial charge on any atom is 0.408 e. The number of alkyl carbamates (subject to hydrolysis) is 1. The highest BCUT2D eigenvalue weighted by Gasteiger charge is 2.43. The lowest BCUT2D eigenvalue weighted by Gasteiger charge is -2.19. The highest BCUT2D eigenvalue weighted by atomic mass is 16.5. The molecule has 0 radical (unpaired) electrons. The number of amides is 2. The maximum atomic E-state index is 12.9. The van der Waals surface area contributed by atoms with Crippen LogP contribution >= 0.6 is 0 Å². The minimum absolute atomic E-state index is 0.0957. The van der Waals surface area contributed by atoms with E-state index in [-0.39, 0.29) is 25.0 Å². The number of carbonyl (C=O) groups excluding carboxylic acids is 2. The summed E-state index contributed by atoms with van der Waals surface area (Å²) in [4.78, 5) is 36.8. The molecule has 9 heteroatoms. The van der Waals surface area contributed by atoms with Gasteiger partial charge in [-0.2, -0.15) is 5.10 Å². The average molecular weight is 475 g/mol. The topological polar surface area (TPSA) is 123 Å². The van der Waals surface area contributed by atoms with Gasteiger partial charge in [-0.3, -0.25) is 14.3 Å². The van der Waals surface area contributed by atoms with Crippen molar-refractivity contribution in [3.63, 3.8) is 0 Å². The van der Waals surface area contributed by atoms with Gasteiger partial charge in [-0.15, -0.1) is 0 Å². The van der Waals surface area contributed by atoms with Crippen molar-refractivity contribution in [3.05, 3.63) is 77.6 Å². The number of nitrogens with one attached hydrogen (secondary N) is 2. The highest BCUT2D eigenvalue weighted by molar-refractivity contribution is 5.87. The van der Waals surface area contributed by atoms with E-state index in [1.54, 1.807) is 13.2 Å². The largest absolute Gasteiger partial charge is 0.481 e. The zero-order chi connectivity index (χ0) is 24.5. The number of ether oxygens (including phenoxy) is 1. The Hall–Kier alpha value is -4.14. The van der Waals surface area contributed by atoms with Gasteiger partial charge in [0, 0.05) is 31.3 Å². The van der Waals surface area contributed by atoms with Gasteiger partial charge in [0.2, 0.25) is 5.91 Å². The zero-order valence-electron chi connectivity index (χ0n) is 19.2. The smallest absolute Gasteiger partial charge is 0.408 e. The lowest BCUT2D eigenvalue weighted by Crippen LogP contribution is -2.41. The number of benzene rings is 2. The molecular formula is C26H26N4O5. The van der Waals surface area contributed by atoms with Crippen molar-refractivity contribution in [3.8, 4) is 11.1 Å². The van der Waals surface area contributed by atoms with Crippen LogP contribution in [-0.4, -0.2) is 46.0 Å².